The molecule has 0 bridgehead atoms. The summed E-state index contributed by atoms with van der Waals surface area (Å²) in [4.78, 5) is 0. The Morgan fingerprint density at radius 2 is 1.83 bits per heavy atom. The van der Waals surface area contributed by atoms with Crippen LogP contribution in [-0.4, -0.2) is 13.2 Å². The fourth-order valence-electron chi connectivity index (χ4n) is 1.31. The van der Waals surface area contributed by atoms with Crippen molar-refractivity contribution in [2.45, 2.75) is 46.9 Å². The van der Waals surface area contributed by atoms with Gasteiger partial charge in [0.25, 0.3) is 0 Å². The molecule has 0 aromatic rings. The SMILES string of the molecule is [2H]C1C=C(OP(=O)(OCC(C)C)OCC(C)C)CC1. The maximum Gasteiger partial charge on any atom is 0.529 e. The van der Waals surface area contributed by atoms with E-state index in [0.29, 0.717) is 31.8 Å². The first kappa shape index (κ1) is 14.1. The van der Waals surface area contributed by atoms with Crippen LogP contribution in [-0.2, 0) is 18.1 Å². The van der Waals surface area contributed by atoms with Gasteiger partial charge < -0.3 is 4.52 Å². The van der Waals surface area contributed by atoms with Gasteiger partial charge in [-0.1, -0.05) is 27.7 Å². The largest absolute Gasteiger partial charge is 0.529 e. The molecule has 0 aromatic carbocycles. The van der Waals surface area contributed by atoms with Gasteiger partial charge in [0.05, 0.1) is 13.2 Å². The summed E-state index contributed by atoms with van der Waals surface area (Å²) in [6.45, 7) is 8.55. The average Bonchev–Trinajstić information content (AvgIpc) is 2.70. The zero-order chi connectivity index (χ0) is 14.5. The van der Waals surface area contributed by atoms with Crippen LogP contribution in [0.1, 0.15) is 48.3 Å². The van der Waals surface area contributed by atoms with Gasteiger partial charge in [0, 0.05) is 7.79 Å². The van der Waals surface area contributed by atoms with Crippen LogP contribution in [0.5, 0.6) is 0 Å². The smallest absolute Gasteiger partial charge is 0.409 e. The van der Waals surface area contributed by atoms with Gasteiger partial charge in [0.2, 0.25) is 0 Å². The van der Waals surface area contributed by atoms with Crippen molar-refractivity contribution in [1.82, 2.24) is 0 Å². The van der Waals surface area contributed by atoms with E-state index in [-0.39, 0.29) is 18.2 Å². The molecule has 0 aliphatic heterocycles. The van der Waals surface area contributed by atoms with Gasteiger partial charge in [-0.25, -0.2) is 4.57 Å². The minimum atomic E-state index is -3.55. The fourth-order valence-corrected chi connectivity index (χ4v) is 2.89. The second-order valence-corrected chi connectivity index (χ2v) is 6.92. The molecular formula is C13H25O4P. The Balaban J connectivity index is 2.62. The predicted octanol–water partition coefficient (Wildman–Crippen LogP) is 4.52. The van der Waals surface area contributed by atoms with Crippen LogP contribution < -0.4 is 0 Å². The van der Waals surface area contributed by atoms with Gasteiger partial charge in [-0.15, -0.1) is 0 Å². The Kier molecular flexibility index (Phi) is 5.74. The normalized spacial score (nSPS) is 21.3. The highest BCUT2D eigenvalue weighted by Gasteiger charge is 2.30. The summed E-state index contributed by atoms with van der Waals surface area (Å²) in [6, 6.07) is 0. The van der Waals surface area contributed by atoms with Crippen LogP contribution in [0.15, 0.2) is 11.8 Å². The molecule has 0 saturated heterocycles. The van der Waals surface area contributed by atoms with E-state index in [1.54, 1.807) is 6.08 Å². The van der Waals surface area contributed by atoms with Crippen molar-refractivity contribution in [3.63, 3.8) is 0 Å². The number of phosphoric ester groups is 1. The molecule has 0 spiro atoms. The molecule has 18 heavy (non-hydrogen) atoms. The second-order valence-electron chi connectivity index (χ2n) is 5.33. The van der Waals surface area contributed by atoms with Gasteiger partial charge in [-0.05, 0) is 30.7 Å². The first-order chi connectivity index (χ1) is 8.81. The molecule has 5 heteroatoms. The number of hydrogen-bond acceptors (Lipinski definition) is 4. The third kappa shape index (κ3) is 6.03. The van der Waals surface area contributed by atoms with Crippen molar-refractivity contribution in [3.05, 3.63) is 11.8 Å². The third-order valence-corrected chi connectivity index (χ3v) is 3.61. The molecular weight excluding hydrogens is 251 g/mol. The van der Waals surface area contributed by atoms with E-state index in [1.165, 1.54) is 0 Å². The summed E-state index contributed by atoms with van der Waals surface area (Å²) in [6.07, 6.45) is 2.71. The van der Waals surface area contributed by atoms with Crippen molar-refractivity contribution in [2.75, 3.05) is 13.2 Å². The van der Waals surface area contributed by atoms with E-state index in [2.05, 4.69) is 0 Å². The minimum absolute atomic E-state index is 0.251. The van der Waals surface area contributed by atoms with E-state index in [9.17, 15) is 4.57 Å². The lowest BCUT2D eigenvalue weighted by Gasteiger charge is -2.21. The molecule has 1 unspecified atom stereocenters. The molecule has 0 aromatic heterocycles. The van der Waals surface area contributed by atoms with E-state index in [1.807, 2.05) is 27.7 Å². The summed E-state index contributed by atoms with van der Waals surface area (Å²) < 4.78 is 36.2. The summed E-state index contributed by atoms with van der Waals surface area (Å²) in [5.74, 6) is 1.05. The van der Waals surface area contributed by atoms with Crippen molar-refractivity contribution in [2.24, 2.45) is 11.8 Å². The predicted molar refractivity (Wildman–Crippen MR) is 72.2 cm³/mol. The highest BCUT2D eigenvalue weighted by atomic mass is 31.2. The van der Waals surface area contributed by atoms with Crippen LogP contribution in [0.25, 0.3) is 0 Å². The Hall–Kier alpha value is -0.310. The van der Waals surface area contributed by atoms with Crippen LogP contribution in [0.2, 0.25) is 0 Å². The molecule has 1 aliphatic rings. The van der Waals surface area contributed by atoms with Crippen molar-refractivity contribution >= 4 is 7.82 Å². The van der Waals surface area contributed by atoms with Crippen LogP contribution >= 0.6 is 7.82 Å². The van der Waals surface area contributed by atoms with Gasteiger partial charge in [-0.3, -0.25) is 9.05 Å². The topological polar surface area (TPSA) is 44.8 Å². The summed E-state index contributed by atoms with van der Waals surface area (Å²) in [5, 5.41) is 0. The van der Waals surface area contributed by atoms with Crippen LogP contribution in [0, 0.1) is 11.8 Å². The quantitative estimate of drug-likeness (QED) is 0.612. The van der Waals surface area contributed by atoms with Crippen LogP contribution in [0.4, 0.5) is 0 Å². The van der Waals surface area contributed by atoms with E-state index in [4.69, 9.17) is 14.9 Å². The Bertz CT molecular complexity index is 339. The summed E-state index contributed by atoms with van der Waals surface area (Å²) >= 11 is 0. The van der Waals surface area contributed by atoms with Gasteiger partial charge in [0.15, 0.2) is 0 Å². The molecule has 4 nitrogen and oxygen atoms in total. The van der Waals surface area contributed by atoms with E-state index in [0.717, 1.165) is 0 Å². The monoisotopic (exact) mass is 277 g/mol. The highest BCUT2D eigenvalue weighted by Crippen LogP contribution is 2.53. The molecule has 106 valence electrons. The average molecular weight is 277 g/mol. The Labute approximate surface area is 112 Å². The molecule has 0 saturated carbocycles. The molecule has 1 rings (SSSR count). The lowest BCUT2D eigenvalue weighted by Crippen LogP contribution is -2.08. The van der Waals surface area contributed by atoms with Crippen molar-refractivity contribution in [3.8, 4) is 0 Å². The number of hydrogen-bond donors (Lipinski definition) is 0. The highest BCUT2D eigenvalue weighted by molar-refractivity contribution is 7.48. The Morgan fingerprint density at radius 3 is 2.22 bits per heavy atom. The number of allylic oxidation sites excluding steroid dienone is 2. The lowest BCUT2D eigenvalue weighted by molar-refractivity contribution is 0.113. The summed E-state index contributed by atoms with van der Waals surface area (Å²) in [5.41, 5.74) is 0. The van der Waals surface area contributed by atoms with E-state index < -0.39 is 7.82 Å². The maximum absolute atomic E-state index is 12.5. The van der Waals surface area contributed by atoms with Gasteiger partial charge in [0.1, 0.15) is 5.76 Å². The van der Waals surface area contributed by atoms with Crippen molar-refractivity contribution in [1.29, 1.82) is 0 Å². The lowest BCUT2D eigenvalue weighted by atomic mass is 10.2. The van der Waals surface area contributed by atoms with Gasteiger partial charge in [-0.2, -0.15) is 0 Å². The van der Waals surface area contributed by atoms with Crippen LogP contribution in [0.3, 0.4) is 0 Å². The zero-order valence-electron chi connectivity index (χ0n) is 12.7. The standard InChI is InChI=1S/C13H25O4P/c1-11(2)9-15-18(14,16-10-12(3)4)17-13-7-5-6-8-13/h7,11-12H,5-6,8-10H2,1-4H3/i5D. The minimum Gasteiger partial charge on any atom is -0.409 e. The Morgan fingerprint density at radius 1 is 1.28 bits per heavy atom. The first-order valence-corrected chi connectivity index (χ1v) is 7.98. The molecule has 0 fully saturated rings. The maximum atomic E-state index is 12.5. The number of rotatable bonds is 8. The molecule has 0 radical (unpaired) electrons. The zero-order valence-corrected chi connectivity index (χ0v) is 12.6. The molecule has 0 heterocycles. The van der Waals surface area contributed by atoms with Crippen molar-refractivity contribution < 1.29 is 19.5 Å². The van der Waals surface area contributed by atoms with E-state index >= 15 is 0 Å². The third-order valence-electron chi connectivity index (χ3n) is 2.22. The summed E-state index contributed by atoms with van der Waals surface area (Å²) in [7, 11) is -3.55. The molecule has 0 N–H and O–H groups in total. The second kappa shape index (κ2) is 7.32. The number of phosphoric acid groups is 1. The fraction of sp³-hybridized carbons (Fsp3) is 0.846. The molecule has 1 atom stereocenters. The van der Waals surface area contributed by atoms with Gasteiger partial charge >= 0.3 is 7.82 Å². The molecule has 1 aliphatic carbocycles. The molecule has 0 amide bonds. The first-order valence-electron chi connectivity index (χ1n) is 7.10.